The van der Waals surface area contributed by atoms with Gasteiger partial charge in [0.2, 0.25) is 0 Å². The third kappa shape index (κ3) is 4.68. The highest BCUT2D eigenvalue weighted by atomic mass is 16.2. The van der Waals surface area contributed by atoms with Gasteiger partial charge in [-0.3, -0.25) is 0 Å². The van der Waals surface area contributed by atoms with Crippen LogP contribution in [-0.4, -0.2) is 43.2 Å². The lowest BCUT2D eigenvalue weighted by Gasteiger charge is -2.31. The second-order valence-electron chi connectivity index (χ2n) is 6.04. The van der Waals surface area contributed by atoms with Crippen LogP contribution in [0, 0.1) is 5.92 Å². The minimum Gasteiger partial charge on any atom is -0.335 e. The summed E-state index contributed by atoms with van der Waals surface area (Å²) in [5, 5.41) is 6.65. The van der Waals surface area contributed by atoms with E-state index in [4.69, 9.17) is 0 Å². The van der Waals surface area contributed by atoms with E-state index in [2.05, 4.69) is 17.6 Å². The quantitative estimate of drug-likeness (QED) is 0.821. The molecule has 2 aliphatic rings. The van der Waals surface area contributed by atoms with Crippen LogP contribution >= 0.6 is 0 Å². The van der Waals surface area contributed by atoms with Crippen molar-refractivity contribution in [2.45, 2.75) is 57.9 Å². The second kappa shape index (κ2) is 7.73. The van der Waals surface area contributed by atoms with Crippen LogP contribution in [0.5, 0.6) is 0 Å². The lowest BCUT2D eigenvalue weighted by molar-refractivity contribution is 0.177. The van der Waals surface area contributed by atoms with Crippen molar-refractivity contribution in [3.8, 4) is 0 Å². The molecule has 4 nitrogen and oxygen atoms in total. The molecule has 1 saturated heterocycles. The summed E-state index contributed by atoms with van der Waals surface area (Å²) >= 11 is 0. The van der Waals surface area contributed by atoms with Crippen molar-refractivity contribution in [1.82, 2.24) is 15.5 Å². The zero-order valence-electron chi connectivity index (χ0n) is 12.3. The number of urea groups is 1. The van der Waals surface area contributed by atoms with Crippen LogP contribution in [0.4, 0.5) is 4.79 Å². The average Bonchev–Trinajstić information content (AvgIpc) is 2.47. The molecule has 1 atom stereocenters. The Labute approximate surface area is 117 Å². The van der Waals surface area contributed by atoms with E-state index in [9.17, 15) is 4.79 Å². The standard InChI is InChI=1S/C15H29N3O/c1-2-18(12-13-7-6-10-16-11-13)15(19)17-14-8-4-3-5-9-14/h13-14,16H,2-12H2,1H3,(H,17,19). The molecular formula is C15H29N3O. The van der Waals surface area contributed by atoms with Crippen LogP contribution < -0.4 is 10.6 Å². The van der Waals surface area contributed by atoms with Gasteiger partial charge in [0.05, 0.1) is 0 Å². The fourth-order valence-corrected chi connectivity index (χ4v) is 3.26. The number of carbonyl (C=O) groups is 1. The Morgan fingerprint density at radius 2 is 2.00 bits per heavy atom. The molecule has 110 valence electrons. The van der Waals surface area contributed by atoms with Crippen LogP contribution in [0.2, 0.25) is 0 Å². The molecule has 0 aromatic carbocycles. The van der Waals surface area contributed by atoms with E-state index in [0.29, 0.717) is 12.0 Å². The molecule has 0 aromatic heterocycles. The van der Waals surface area contributed by atoms with Crippen molar-refractivity contribution >= 4 is 6.03 Å². The van der Waals surface area contributed by atoms with Crippen molar-refractivity contribution in [1.29, 1.82) is 0 Å². The molecule has 2 amide bonds. The summed E-state index contributed by atoms with van der Waals surface area (Å²) in [6, 6.07) is 0.569. The number of rotatable bonds is 4. The Morgan fingerprint density at radius 3 is 2.63 bits per heavy atom. The summed E-state index contributed by atoms with van der Waals surface area (Å²) in [5.74, 6) is 0.630. The summed E-state index contributed by atoms with van der Waals surface area (Å²) in [4.78, 5) is 14.3. The van der Waals surface area contributed by atoms with Gasteiger partial charge in [-0.1, -0.05) is 19.3 Å². The van der Waals surface area contributed by atoms with E-state index in [1.807, 2.05) is 4.90 Å². The largest absolute Gasteiger partial charge is 0.335 e. The van der Waals surface area contributed by atoms with Gasteiger partial charge in [0.1, 0.15) is 0 Å². The predicted octanol–water partition coefficient (Wildman–Crippen LogP) is 2.35. The van der Waals surface area contributed by atoms with Crippen molar-refractivity contribution in [3.05, 3.63) is 0 Å². The first kappa shape index (κ1) is 14.6. The Kier molecular flexibility index (Phi) is 5.95. The van der Waals surface area contributed by atoms with Gasteiger partial charge in [-0.05, 0) is 51.6 Å². The number of hydrogen-bond acceptors (Lipinski definition) is 2. The fraction of sp³-hybridized carbons (Fsp3) is 0.933. The normalized spacial score (nSPS) is 25.0. The highest BCUT2D eigenvalue weighted by molar-refractivity contribution is 5.74. The van der Waals surface area contributed by atoms with Gasteiger partial charge in [-0.15, -0.1) is 0 Å². The molecular weight excluding hydrogens is 238 g/mol. The molecule has 0 spiro atoms. The van der Waals surface area contributed by atoms with Crippen LogP contribution in [-0.2, 0) is 0 Å². The molecule has 4 heteroatoms. The smallest absolute Gasteiger partial charge is 0.317 e. The highest BCUT2D eigenvalue weighted by Crippen LogP contribution is 2.18. The van der Waals surface area contributed by atoms with Gasteiger partial charge in [-0.25, -0.2) is 4.79 Å². The number of carbonyl (C=O) groups excluding carboxylic acids is 1. The molecule has 0 bridgehead atoms. The van der Waals surface area contributed by atoms with Crippen LogP contribution in [0.25, 0.3) is 0 Å². The number of nitrogens with one attached hydrogen (secondary N) is 2. The maximum absolute atomic E-state index is 12.3. The zero-order valence-corrected chi connectivity index (χ0v) is 12.3. The zero-order chi connectivity index (χ0) is 13.5. The monoisotopic (exact) mass is 267 g/mol. The van der Waals surface area contributed by atoms with Crippen LogP contribution in [0.15, 0.2) is 0 Å². The summed E-state index contributed by atoms with van der Waals surface area (Å²) in [7, 11) is 0. The molecule has 19 heavy (non-hydrogen) atoms. The molecule has 1 aliphatic heterocycles. The van der Waals surface area contributed by atoms with Crippen LogP contribution in [0.1, 0.15) is 51.9 Å². The molecule has 1 heterocycles. The third-order valence-corrected chi connectivity index (χ3v) is 4.48. The maximum atomic E-state index is 12.3. The minimum atomic E-state index is 0.153. The van der Waals surface area contributed by atoms with Crippen LogP contribution in [0.3, 0.4) is 0 Å². The first-order chi connectivity index (χ1) is 9.29. The first-order valence-electron chi connectivity index (χ1n) is 8.05. The van der Waals surface area contributed by atoms with E-state index in [1.165, 1.54) is 32.1 Å². The Morgan fingerprint density at radius 1 is 1.21 bits per heavy atom. The molecule has 0 aromatic rings. The molecule has 2 rings (SSSR count). The van der Waals surface area contributed by atoms with Gasteiger partial charge in [0.25, 0.3) is 0 Å². The predicted molar refractivity (Wildman–Crippen MR) is 78.2 cm³/mol. The topological polar surface area (TPSA) is 44.4 Å². The second-order valence-corrected chi connectivity index (χ2v) is 6.04. The molecule has 2 fully saturated rings. The van der Waals surface area contributed by atoms with Gasteiger partial charge in [0, 0.05) is 19.1 Å². The fourth-order valence-electron chi connectivity index (χ4n) is 3.26. The van der Waals surface area contributed by atoms with Gasteiger partial charge < -0.3 is 15.5 Å². The molecule has 1 unspecified atom stereocenters. The van der Waals surface area contributed by atoms with Crippen molar-refractivity contribution in [2.75, 3.05) is 26.2 Å². The van der Waals surface area contributed by atoms with Gasteiger partial charge >= 0.3 is 6.03 Å². The Bertz CT molecular complexity index is 271. The summed E-state index contributed by atoms with van der Waals surface area (Å²) in [6.45, 7) is 6.00. The Hall–Kier alpha value is -0.770. The van der Waals surface area contributed by atoms with Crippen molar-refractivity contribution in [2.24, 2.45) is 5.92 Å². The molecule has 1 saturated carbocycles. The highest BCUT2D eigenvalue weighted by Gasteiger charge is 2.22. The van der Waals surface area contributed by atoms with E-state index in [1.54, 1.807) is 0 Å². The summed E-state index contributed by atoms with van der Waals surface area (Å²) < 4.78 is 0. The summed E-state index contributed by atoms with van der Waals surface area (Å²) in [5.41, 5.74) is 0. The SMILES string of the molecule is CCN(CC1CCCNC1)C(=O)NC1CCCCC1. The van der Waals surface area contributed by atoms with Gasteiger partial charge in [0.15, 0.2) is 0 Å². The van der Waals surface area contributed by atoms with E-state index in [0.717, 1.165) is 39.0 Å². The molecule has 0 radical (unpaired) electrons. The maximum Gasteiger partial charge on any atom is 0.317 e. The number of hydrogen-bond donors (Lipinski definition) is 2. The van der Waals surface area contributed by atoms with Crippen molar-refractivity contribution < 1.29 is 4.79 Å². The lowest BCUT2D eigenvalue weighted by Crippen LogP contribution is -2.48. The molecule has 1 aliphatic carbocycles. The third-order valence-electron chi connectivity index (χ3n) is 4.48. The number of piperidine rings is 1. The van der Waals surface area contributed by atoms with E-state index >= 15 is 0 Å². The Balaban J connectivity index is 1.76. The van der Waals surface area contributed by atoms with E-state index < -0.39 is 0 Å². The average molecular weight is 267 g/mol. The summed E-state index contributed by atoms with van der Waals surface area (Å²) in [6.07, 6.45) is 8.68. The number of nitrogens with zero attached hydrogens (tertiary/aromatic N) is 1. The minimum absolute atomic E-state index is 0.153. The van der Waals surface area contributed by atoms with Gasteiger partial charge in [-0.2, -0.15) is 0 Å². The van der Waals surface area contributed by atoms with E-state index in [-0.39, 0.29) is 6.03 Å². The number of amides is 2. The first-order valence-corrected chi connectivity index (χ1v) is 8.05. The molecule has 2 N–H and O–H groups in total. The lowest BCUT2D eigenvalue weighted by atomic mass is 9.95. The van der Waals surface area contributed by atoms with Crippen molar-refractivity contribution in [3.63, 3.8) is 0 Å².